The maximum absolute atomic E-state index is 12.9. The topological polar surface area (TPSA) is 68.0 Å². The molecule has 144 valence electrons. The third-order valence-electron chi connectivity index (χ3n) is 5.48. The lowest BCUT2D eigenvalue weighted by molar-refractivity contribution is -1.01. The van der Waals surface area contributed by atoms with Crippen LogP contribution >= 0.6 is 0 Å². The highest BCUT2D eigenvalue weighted by Gasteiger charge is 2.28. The molecule has 1 aromatic heterocycles. The second-order valence-electron chi connectivity index (χ2n) is 7.38. The number of hydrogen-bond acceptors (Lipinski definition) is 3. The van der Waals surface area contributed by atoms with E-state index in [0.717, 1.165) is 38.4 Å². The van der Waals surface area contributed by atoms with Crippen LogP contribution in [0.25, 0.3) is 0 Å². The maximum Gasteiger partial charge on any atom is 0.354 e. The van der Waals surface area contributed by atoms with Gasteiger partial charge in [-0.1, -0.05) is 30.3 Å². The number of ether oxygens (including phenoxy) is 1. The average Bonchev–Trinajstić information content (AvgIpc) is 2.98. The van der Waals surface area contributed by atoms with Crippen molar-refractivity contribution < 1.29 is 24.1 Å². The Bertz CT molecular complexity index is 806. The smallest absolute Gasteiger partial charge is 0.354 e. The van der Waals surface area contributed by atoms with Gasteiger partial charge in [-0.3, -0.25) is 4.79 Å². The summed E-state index contributed by atoms with van der Waals surface area (Å²) in [5.41, 5.74) is 3.82. The number of aryl methyl sites for hydroxylation is 1. The molecular formula is C21H29N3O3+2. The molecular weight excluding hydrogens is 342 g/mol. The number of hydrogen-bond donors (Lipinski definition) is 3. The number of piperazine rings is 1. The van der Waals surface area contributed by atoms with Crippen molar-refractivity contribution in [3.63, 3.8) is 0 Å². The molecule has 3 rings (SSSR count). The lowest BCUT2D eigenvalue weighted by Gasteiger charge is -2.29. The van der Waals surface area contributed by atoms with Crippen LogP contribution < -0.4 is 9.80 Å². The van der Waals surface area contributed by atoms with Crippen LogP contribution in [-0.4, -0.2) is 56.6 Å². The third-order valence-corrected chi connectivity index (χ3v) is 5.48. The molecule has 2 aromatic rings. The lowest BCUT2D eigenvalue weighted by Crippen LogP contribution is -3.27. The average molecular weight is 371 g/mol. The van der Waals surface area contributed by atoms with Crippen molar-refractivity contribution in [3.8, 4) is 0 Å². The Hall–Kier alpha value is -2.44. The summed E-state index contributed by atoms with van der Waals surface area (Å²) in [7, 11) is 1.35. The van der Waals surface area contributed by atoms with Crippen LogP contribution in [0.1, 0.15) is 37.7 Å². The van der Waals surface area contributed by atoms with Gasteiger partial charge in [0.05, 0.1) is 7.11 Å². The first-order chi connectivity index (χ1) is 13.0. The summed E-state index contributed by atoms with van der Waals surface area (Å²) in [5, 5.41) is 0. The minimum absolute atomic E-state index is 0.0953. The second kappa shape index (κ2) is 8.50. The van der Waals surface area contributed by atoms with Crippen molar-refractivity contribution in [2.75, 3.05) is 39.8 Å². The van der Waals surface area contributed by atoms with Gasteiger partial charge in [0, 0.05) is 16.8 Å². The molecule has 1 aliphatic heterocycles. The minimum atomic E-state index is -0.430. The molecule has 1 aromatic carbocycles. The molecule has 1 aliphatic rings. The molecule has 2 heterocycles. The SMILES string of the molecule is COC(=O)c1[nH]c(C)c(C(=O)C[NH+]2CC[NH+](Cc3ccccc3)CC2)c1C. The molecule has 6 nitrogen and oxygen atoms in total. The zero-order valence-corrected chi connectivity index (χ0v) is 16.4. The van der Waals surface area contributed by atoms with Crippen LogP contribution in [0.2, 0.25) is 0 Å². The molecule has 0 spiro atoms. The summed E-state index contributed by atoms with van der Waals surface area (Å²) in [6.07, 6.45) is 0. The molecule has 0 aliphatic carbocycles. The van der Waals surface area contributed by atoms with Crippen molar-refractivity contribution in [3.05, 3.63) is 58.4 Å². The summed E-state index contributed by atoms with van der Waals surface area (Å²) >= 11 is 0. The van der Waals surface area contributed by atoms with Gasteiger partial charge in [0.1, 0.15) is 45.0 Å². The number of ketones is 1. The van der Waals surface area contributed by atoms with Crippen LogP contribution in [0.3, 0.4) is 0 Å². The number of carbonyl (C=O) groups excluding carboxylic acids is 2. The van der Waals surface area contributed by atoms with Crippen LogP contribution in [0.15, 0.2) is 30.3 Å². The Morgan fingerprint density at radius 1 is 1.04 bits per heavy atom. The van der Waals surface area contributed by atoms with E-state index < -0.39 is 5.97 Å². The van der Waals surface area contributed by atoms with Crippen LogP contribution in [0.4, 0.5) is 0 Å². The number of rotatable bonds is 6. The van der Waals surface area contributed by atoms with E-state index in [1.165, 1.54) is 17.6 Å². The Labute approximate surface area is 160 Å². The number of nitrogens with one attached hydrogen (secondary N) is 3. The number of benzene rings is 1. The molecule has 0 saturated carbocycles. The number of carbonyl (C=O) groups is 2. The van der Waals surface area contributed by atoms with Gasteiger partial charge in [-0.2, -0.15) is 0 Å². The molecule has 0 bridgehead atoms. The zero-order chi connectivity index (χ0) is 19.4. The minimum Gasteiger partial charge on any atom is -0.464 e. The van der Waals surface area contributed by atoms with Crippen LogP contribution in [0, 0.1) is 13.8 Å². The van der Waals surface area contributed by atoms with Crippen molar-refractivity contribution >= 4 is 11.8 Å². The Kier molecular flexibility index (Phi) is 6.08. The number of methoxy groups -OCH3 is 1. The van der Waals surface area contributed by atoms with Crippen LogP contribution in [0.5, 0.6) is 0 Å². The first kappa shape index (κ1) is 19.3. The number of aromatic nitrogens is 1. The van der Waals surface area contributed by atoms with Gasteiger partial charge in [0.15, 0.2) is 0 Å². The fourth-order valence-electron chi connectivity index (χ4n) is 3.99. The number of esters is 1. The van der Waals surface area contributed by atoms with E-state index in [4.69, 9.17) is 4.74 Å². The highest BCUT2D eigenvalue weighted by atomic mass is 16.5. The summed E-state index contributed by atoms with van der Waals surface area (Å²) in [6, 6.07) is 10.6. The van der Waals surface area contributed by atoms with E-state index in [0.29, 0.717) is 23.4 Å². The number of Topliss-reactive ketones (excluding diaryl/α,β-unsaturated/α-hetero) is 1. The first-order valence-electron chi connectivity index (χ1n) is 9.51. The third kappa shape index (κ3) is 4.46. The molecule has 1 fully saturated rings. The largest absolute Gasteiger partial charge is 0.464 e. The van der Waals surface area contributed by atoms with Gasteiger partial charge in [-0.25, -0.2) is 4.79 Å². The molecule has 0 radical (unpaired) electrons. The van der Waals surface area contributed by atoms with E-state index in [2.05, 4.69) is 29.2 Å². The van der Waals surface area contributed by atoms with Gasteiger partial charge in [-0.15, -0.1) is 0 Å². The number of aromatic amines is 1. The highest BCUT2D eigenvalue weighted by Crippen LogP contribution is 2.18. The van der Waals surface area contributed by atoms with E-state index >= 15 is 0 Å². The van der Waals surface area contributed by atoms with Gasteiger partial charge in [0.2, 0.25) is 5.78 Å². The Morgan fingerprint density at radius 3 is 2.30 bits per heavy atom. The van der Waals surface area contributed by atoms with Crippen molar-refractivity contribution in [1.29, 1.82) is 0 Å². The van der Waals surface area contributed by atoms with Gasteiger partial charge in [0.25, 0.3) is 0 Å². The van der Waals surface area contributed by atoms with Gasteiger partial charge >= 0.3 is 5.97 Å². The van der Waals surface area contributed by atoms with E-state index in [1.807, 2.05) is 13.0 Å². The first-order valence-corrected chi connectivity index (χ1v) is 9.51. The lowest BCUT2D eigenvalue weighted by atomic mass is 10.0. The summed E-state index contributed by atoms with van der Waals surface area (Å²) in [5.74, 6) is -0.335. The van der Waals surface area contributed by atoms with Gasteiger partial charge < -0.3 is 19.5 Å². The van der Waals surface area contributed by atoms with Crippen molar-refractivity contribution in [1.82, 2.24) is 4.98 Å². The Morgan fingerprint density at radius 2 is 1.67 bits per heavy atom. The number of quaternary nitrogens is 2. The van der Waals surface area contributed by atoms with Crippen molar-refractivity contribution in [2.24, 2.45) is 0 Å². The summed E-state index contributed by atoms with van der Waals surface area (Å²) in [6.45, 7) is 9.26. The molecule has 27 heavy (non-hydrogen) atoms. The zero-order valence-electron chi connectivity index (χ0n) is 16.4. The predicted octanol–water partition coefficient (Wildman–Crippen LogP) is -0.416. The molecule has 0 atom stereocenters. The van der Waals surface area contributed by atoms with Crippen LogP contribution in [-0.2, 0) is 11.3 Å². The van der Waals surface area contributed by atoms with E-state index in [1.54, 1.807) is 11.8 Å². The normalized spacial score (nSPS) is 19.7. The quantitative estimate of drug-likeness (QED) is 0.478. The molecule has 1 saturated heterocycles. The van der Waals surface area contributed by atoms with E-state index in [-0.39, 0.29) is 5.78 Å². The number of H-pyrrole nitrogens is 1. The monoisotopic (exact) mass is 371 g/mol. The predicted molar refractivity (Wildman–Crippen MR) is 102 cm³/mol. The molecule has 3 N–H and O–H groups in total. The summed E-state index contributed by atoms with van der Waals surface area (Å²) in [4.78, 5) is 30.6. The molecule has 0 amide bonds. The Balaban J connectivity index is 1.57. The van der Waals surface area contributed by atoms with Gasteiger partial charge in [-0.05, 0) is 19.4 Å². The molecule has 6 heteroatoms. The van der Waals surface area contributed by atoms with E-state index in [9.17, 15) is 9.59 Å². The molecule has 0 unspecified atom stereocenters. The standard InChI is InChI=1S/C21H27N3O3/c1-15-19(16(2)22-20(15)21(26)27-3)18(25)14-24-11-9-23(10-12-24)13-17-7-5-4-6-8-17/h4-8,22H,9-14H2,1-3H3/p+2. The maximum atomic E-state index is 12.9. The fourth-order valence-corrected chi connectivity index (χ4v) is 3.99. The summed E-state index contributed by atoms with van der Waals surface area (Å²) < 4.78 is 4.79. The fraction of sp³-hybridized carbons (Fsp3) is 0.429. The van der Waals surface area contributed by atoms with Crippen molar-refractivity contribution in [2.45, 2.75) is 20.4 Å². The second-order valence-corrected chi connectivity index (χ2v) is 7.38. The highest BCUT2D eigenvalue weighted by molar-refractivity contribution is 6.02.